The van der Waals surface area contributed by atoms with Crippen LogP contribution in [0.5, 0.6) is 0 Å². The van der Waals surface area contributed by atoms with Crippen LogP contribution < -0.4 is 5.32 Å². The minimum Gasteiger partial charge on any atom is -0.374 e. The van der Waals surface area contributed by atoms with Crippen molar-refractivity contribution in [1.29, 1.82) is 0 Å². The second-order valence-corrected chi connectivity index (χ2v) is 10.1. The molecule has 2 fully saturated rings. The Balaban J connectivity index is 1.47. The molecule has 0 spiro atoms. The molecule has 2 saturated heterocycles. The van der Waals surface area contributed by atoms with E-state index in [1.807, 2.05) is 0 Å². The summed E-state index contributed by atoms with van der Waals surface area (Å²) in [5, 5.41) is 2.90. The van der Waals surface area contributed by atoms with Crippen LogP contribution in [-0.2, 0) is 14.8 Å². The maximum atomic E-state index is 13.9. The van der Waals surface area contributed by atoms with Crippen LogP contribution in [-0.4, -0.2) is 93.6 Å². The molecular weight excluding hydrogens is 411 g/mol. The van der Waals surface area contributed by atoms with Gasteiger partial charge in [0, 0.05) is 52.4 Å². The lowest BCUT2D eigenvalue weighted by Crippen LogP contribution is -2.55. The SMILES string of the molecule is CC(C)CN1CCO[C@@H](CNC(=O)N2CCN(S(=O)(=O)c3ccccc3F)CC2)C1. The number of ether oxygens (including phenoxy) is 1. The van der Waals surface area contributed by atoms with Gasteiger partial charge in [-0.3, -0.25) is 4.90 Å². The van der Waals surface area contributed by atoms with Crippen LogP contribution in [0.3, 0.4) is 0 Å². The first-order valence-electron chi connectivity index (χ1n) is 10.4. The summed E-state index contributed by atoms with van der Waals surface area (Å²) in [6.07, 6.45) is -0.0517. The second kappa shape index (κ2) is 10.0. The molecule has 30 heavy (non-hydrogen) atoms. The van der Waals surface area contributed by atoms with Crippen molar-refractivity contribution in [1.82, 2.24) is 19.4 Å². The predicted molar refractivity (Wildman–Crippen MR) is 111 cm³/mol. The molecule has 1 aromatic carbocycles. The van der Waals surface area contributed by atoms with Crippen LogP contribution in [0.4, 0.5) is 9.18 Å². The van der Waals surface area contributed by atoms with E-state index in [0.29, 0.717) is 19.1 Å². The monoisotopic (exact) mass is 442 g/mol. The number of hydrogen-bond acceptors (Lipinski definition) is 5. The van der Waals surface area contributed by atoms with Gasteiger partial charge in [-0.25, -0.2) is 17.6 Å². The minimum absolute atomic E-state index is 0.0517. The van der Waals surface area contributed by atoms with E-state index >= 15 is 0 Å². The number of carbonyl (C=O) groups is 1. The summed E-state index contributed by atoms with van der Waals surface area (Å²) in [5.41, 5.74) is 0. The molecule has 2 heterocycles. The molecule has 1 N–H and O–H groups in total. The number of halogens is 1. The van der Waals surface area contributed by atoms with Crippen LogP contribution in [0.1, 0.15) is 13.8 Å². The molecular formula is C20H31FN4O4S. The van der Waals surface area contributed by atoms with Gasteiger partial charge < -0.3 is 15.0 Å². The first kappa shape index (κ1) is 22.9. The topological polar surface area (TPSA) is 82.2 Å². The highest BCUT2D eigenvalue weighted by molar-refractivity contribution is 7.89. The highest BCUT2D eigenvalue weighted by Gasteiger charge is 2.32. The predicted octanol–water partition coefficient (Wildman–Crippen LogP) is 1.20. The molecule has 0 bridgehead atoms. The van der Waals surface area contributed by atoms with Gasteiger partial charge in [-0.1, -0.05) is 26.0 Å². The molecule has 0 unspecified atom stereocenters. The zero-order chi connectivity index (χ0) is 21.7. The summed E-state index contributed by atoms with van der Waals surface area (Å²) in [6.45, 7) is 8.89. The molecule has 0 aromatic heterocycles. The van der Waals surface area contributed by atoms with E-state index in [1.165, 1.54) is 22.5 Å². The standard InChI is InChI=1S/C20H31FN4O4S/c1-16(2)14-23-11-12-29-17(15-23)13-22-20(26)24-7-9-25(10-8-24)30(27,28)19-6-4-3-5-18(19)21/h3-6,16-17H,7-15H2,1-2H3,(H,22,26)/t17-/m0/s1. The number of carbonyl (C=O) groups excluding carboxylic acids is 1. The van der Waals surface area contributed by atoms with Crippen molar-refractivity contribution in [2.24, 2.45) is 5.92 Å². The van der Waals surface area contributed by atoms with Crippen molar-refractivity contribution in [2.75, 3.05) is 59.0 Å². The van der Waals surface area contributed by atoms with E-state index in [-0.39, 0.29) is 43.2 Å². The smallest absolute Gasteiger partial charge is 0.317 e. The van der Waals surface area contributed by atoms with Crippen molar-refractivity contribution in [2.45, 2.75) is 24.8 Å². The molecule has 168 valence electrons. The van der Waals surface area contributed by atoms with E-state index in [1.54, 1.807) is 4.90 Å². The Morgan fingerprint density at radius 2 is 1.90 bits per heavy atom. The fourth-order valence-electron chi connectivity index (χ4n) is 3.82. The Bertz CT molecular complexity index is 828. The largest absolute Gasteiger partial charge is 0.374 e. The van der Waals surface area contributed by atoms with Gasteiger partial charge in [-0.2, -0.15) is 4.31 Å². The normalized spacial score (nSPS) is 21.7. The van der Waals surface area contributed by atoms with Gasteiger partial charge >= 0.3 is 6.03 Å². The molecule has 0 saturated carbocycles. The van der Waals surface area contributed by atoms with Crippen molar-refractivity contribution in [3.8, 4) is 0 Å². The summed E-state index contributed by atoms with van der Waals surface area (Å²) in [5.74, 6) is -0.188. The summed E-state index contributed by atoms with van der Waals surface area (Å²) in [4.78, 5) is 16.1. The lowest BCUT2D eigenvalue weighted by atomic mass is 10.2. The number of nitrogens with zero attached hydrogens (tertiary/aromatic N) is 3. The average molecular weight is 443 g/mol. The van der Waals surface area contributed by atoms with Gasteiger partial charge in [0.15, 0.2) is 0 Å². The van der Waals surface area contributed by atoms with Gasteiger partial charge in [-0.15, -0.1) is 0 Å². The molecule has 1 atom stereocenters. The Hall–Kier alpha value is -1.75. The molecule has 2 aliphatic rings. The number of urea groups is 1. The van der Waals surface area contributed by atoms with Crippen LogP contribution in [0.25, 0.3) is 0 Å². The molecule has 2 amide bonds. The van der Waals surface area contributed by atoms with E-state index < -0.39 is 15.8 Å². The average Bonchev–Trinajstić information content (AvgIpc) is 2.72. The highest BCUT2D eigenvalue weighted by Crippen LogP contribution is 2.20. The second-order valence-electron chi connectivity index (χ2n) is 8.15. The maximum absolute atomic E-state index is 13.9. The molecule has 3 rings (SSSR count). The van der Waals surface area contributed by atoms with Crippen molar-refractivity contribution >= 4 is 16.1 Å². The van der Waals surface area contributed by atoms with Crippen molar-refractivity contribution in [3.05, 3.63) is 30.1 Å². The summed E-state index contributed by atoms with van der Waals surface area (Å²) in [6, 6.07) is 5.11. The highest BCUT2D eigenvalue weighted by atomic mass is 32.2. The van der Waals surface area contributed by atoms with Gasteiger partial charge in [0.05, 0.1) is 12.7 Å². The molecule has 0 radical (unpaired) electrons. The van der Waals surface area contributed by atoms with Crippen LogP contribution in [0, 0.1) is 11.7 Å². The van der Waals surface area contributed by atoms with Gasteiger partial charge in [-0.05, 0) is 18.1 Å². The first-order chi connectivity index (χ1) is 14.3. The summed E-state index contributed by atoms with van der Waals surface area (Å²) < 4.78 is 46.2. The summed E-state index contributed by atoms with van der Waals surface area (Å²) >= 11 is 0. The number of amides is 2. The Kier molecular flexibility index (Phi) is 7.67. The fourth-order valence-corrected chi connectivity index (χ4v) is 5.31. The van der Waals surface area contributed by atoms with E-state index in [9.17, 15) is 17.6 Å². The zero-order valence-electron chi connectivity index (χ0n) is 17.6. The van der Waals surface area contributed by atoms with Crippen LogP contribution in [0.2, 0.25) is 0 Å². The minimum atomic E-state index is -3.91. The Labute approximate surface area is 178 Å². The van der Waals surface area contributed by atoms with Crippen molar-refractivity contribution in [3.63, 3.8) is 0 Å². The molecule has 10 heteroatoms. The van der Waals surface area contributed by atoms with E-state index in [4.69, 9.17) is 4.74 Å². The molecule has 8 nitrogen and oxygen atoms in total. The van der Waals surface area contributed by atoms with Gasteiger partial charge in [0.1, 0.15) is 10.7 Å². The lowest BCUT2D eigenvalue weighted by Gasteiger charge is -2.36. The lowest BCUT2D eigenvalue weighted by molar-refractivity contribution is -0.0294. The zero-order valence-corrected chi connectivity index (χ0v) is 18.4. The number of hydrogen-bond donors (Lipinski definition) is 1. The number of sulfonamides is 1. The number of benzene rings is 1. The summed E-state index contributed by atoms with van der Waals surface area (Å²) in [7, 11) is -3.91. The quantitative estimate of drug-likeness (QED) is 0.716. The third-order valence-corrected chi connectivity index (χ3v) is 7.24. The molecule has 1 aromatic rings. The number of nitrogens with one attached hydrogen (secondary N) is 1. The molecule has 0 aliphatic carbocycles. The first-order valence-corrected chi connectivity index (χ1v) is 11.8. The number of rotatable bonds is 6. The van der Waals surface area contributed by atoms with E-state index in [2.05, 4.69) is 24.1 Å². The number of piperazine rings is 1. The van der Waals surface area contributed by atoms with Crippen molar-refractivity contribution < 1.29 is 22.3 Å². The third-order valence-electron chi connectivity index (χ3n) is 5.31. The Morgan fingerprint density at radius 3 is 2.57 bits per heavy atom. The van der Waals surface area contributed by atoms with Crippen LogP contribution >= 0.6 is 0 Å². The number of morpholine rings is 1. The third kappa shape index (κ3) is 5.69. The van der Waals surface area contributed by atoms with Crippen LogP contribution in [0.15, 0.2) is 29.2 Å². The molecule has 2 aliphatic heterocycles. The van der Waals surface area contributed by atoms with Gasteiger partial charge in [0.2, 0.25) is 10.0 Å². The van der Waals surface area contributed by atoms with E-state index in [0.717, 1.165) is 25.7 Å². The maximum Gasteiger partial charge on any atom is 0.317 e. The van der Waals surface area contributed by atoms with Gasteiger partial charge in [0.25, 0.3) is 0 Å². The Morgan fingerprint density at radius 1 is 1.20 bits per heavy atom. The fraction of sp³-hybridized carbons (Fsp3) is 0.650.